The van der Waals surface area contributed by atoms with Crippen molar-refractivity contribution in [3.8, 4) is 0 Å². The summed E-state index contributed by atoms with van der Waals surface area (Å²) >= 11 is 12.6. The third-order valence-electron chi connectivity index (χ3n) is 2.15. The van der Waals surface area contributed by atoms with Gasteiger partial charge in [-0.15, -0.1) is 0 Å². The van der Waals surface area contributed by atoms with Gasteiger partial charge in [-0.3, -0.25) is 0 Å². The van der Waals surface area contributed by atoms with Gasteiger partial charge in [0.25, 0.3) is 0 Å². The molecule has 84 valence electrons. The molecule has 1 unspecified atom stereocenters. The molecule has 0 aliphatic carbocycles. The number of furan rings is 1. The second-order valence-electron chi connectivity index (χ2n) is 3.21. The summed E-state index contributed by atoms with van der Waals surface area (Å²) in [6, 6.07) is 7.01. The van der Waals surface area contributed by atoms with E-state index in [1.165, 1.54) is 6.26 Å². The van der Waals surface area contributed by atoms with Crippen molar-refractivity contribution in [1.29, 1.82) is 0 Å². The Balaban J connectivity index is 2.38. The highest BCUT2D eigenvalue weighted by Gasteiger charge is 2.17. The summed E-state index contributed by atoms with van der Waals surface area (Å²) in [7, 11) is 0. The lowest BCUT2D eigenvalue weighted by Crippen LogP contribution is -1.98. The molecule has 2 nitrogen and oxygen atoms in total. The fraction of sp³-hybridized carbons (Fsp3) is 0.0909. The van der Waals surface area contributed by atoms with Crippen LogP contribution in [0.2, 0.25) is 5.02 Å². The Morgan fingerprint density at radius 3 is 2.50 bits per heavy atom. The Kier molecular flexibility index (Phi) is 3.74. The molecule has 16 heavy (non-hydrogen) atoms. The highest BCUT2D eigenvalue weighted by atomic mass is 79.9. The average Bonchev–Trinajstić information content (AvgIpc) is 2.67. The van der Waals surface area contributed by atoms with Crippen molar-refractivity contribution in [2.24, 2.45) is 0 Å². The lowest BCUT2D eigenvalue weighted by Gasteiger charge is -2.09. The molecule has 0 spiro atoms. The summed E-state index contributed by atoms with van der Waals surface area (Å²) < 4.78 is 6.73. The van der Waals surface area contributed by atoms with Gasteiger partial charge in [0.2, 0.25) is 0 Å². The summed E-state index contributed by atoms with van der Waals surface area (Å²) in [5.74, 6) is 0.471. The Morgan fingerprint density at radius 2 is 1.94 bits per heavy atom. The number of hydrogen-bond donors (Lipinski definition) is 1. The number of rotatable bonds is 2. The zero-order valence-electron chi connectivity index (χ0n) is 7.95. The van der Waals surface area contributed by atoms with Gasteiger partial charge in [0, 0.05) is 4.47 Å². The normalized spacial score (nSPS) is 12.8. The summed E-state index contributed by atoms with van der Waals surface area (Å²) in [4.78, 5) is 0. The van der Waals surface area contributed by atoms with Gasteiger partial charge in [-0.05, 0) is 55.6 Å². The third-order valence-corrected chi connectivity index (χ3v) is 4.04. The Labute approximate surface area is 114 Å². The Bertz CT molecular complexity index is 510. The van der Waals surface area contributed by atoms with Gasteiger partial charge in [-0.25, -0.2) is 0 Å². The Hall–Kier alpha value is -0.290. The maximum atomic E-state index is 10.1. The monoisotopic (exact) mass is 364 g/mol. The molecule has 0 saturated carbocycles. The van der Waals surface area contributed by atoms with Crippen molar-refractivity contribution in [3.63, 3.8) is 0 Å². The second-order valence-corrected chi connectivity index (χ2v) is 5.32. The number of aliphatic hydroxyl groups excluding tert-OH is 1. The first-order chi connectivity index (χ1) is 7.59. The highest BCUT2D eigenvalue weighted by Crippen LogP contribution is 2.32. The SMILES string of the molecule is OC(c1ccc(Br)c(Cl)c1)c1occc1Br. The minimum Gasteiger partial charge on any atom is -0.465 e. The highest BCUT2D eigenvalue weighted by molar-refractivity contribution is 9.10. The van der Waals surface area contributed by atoms with Crippen molar-refractivity contribution >= 4 is 43.5 Å². The molecule has 0 saturated heterocycles. The smallest absolute Gasteiger partial charge is 0.150 e. The lowest BCUT2D eigenvalue weighted by molar-refractivity contribution is 0.188. The van der Waals surface area contributed by atoms with E-state index in [2.05, 4.69) is 31.9 Å². The Morgan fingerprint density at radius 1 is 1.19 bits per heavy atom. The standard InChI is InChI=1S/C11H7Br2ClO2/c12-7-2-1-6(5-9(7)14)10(15)11-8(13)3-4-16-11/h1-5,10,15H. The lowest BCUT2D eigenvalue weighted by atomic mass is 10.1. The average molecular weight is 366 g/mol. The van der Waals surface area contributed by atoms with Crippen LogP contribution >= 0.6 is 43.5 Å². The second kappa shape index (κ2) is 4.92. The predicted octanol–water partition coefficient (Wildman–Crippen LogP) is 4.54. The number of aliphatic hydroxyl groups is 1. The molecular formula is C11H7Br2ClO2. The van der Waals surface area contributed by atoms with E-state index >= 15 is 0 Å². The van der Waals surface area contributed by atoms with Crippen molar-refractivity contribution in [3.05, 3.63) is 55.8 Å². The molecular weight excluding hydrogens is 359 g/mol. The summed E-state index contributed by atoms with van der Waals surface area (Å²) in [6.07, 6.45) is 0.693. The summed E-state index contributed by atoms with van der Waals surface area (Å²) in [5.41, 5.74) is 0.684. The number of benzene rings is 1. The van der Waals surface area contributed by atoms with Gasteiger partial charge < -0.3 is 9.52 Å². The summed E-state index contributed by atoms with van der Waals surface area (Å²) in [6.45, 7) is 0. The van der Waals surface area contributed by atoms with Crippen LogP contribution < -0.4 is 0 Å². The molecule has 1 heterocycles. The van der Waals surface area contributed by atoms with Crippen LogP contribution in [-0.4, -0.2) is 5.11 Å². The molecule has 2 rings (SSSR count). The zero-order chi connectivity index (χ0) is 11.7. The first-order valence-corrected chi connectivity index (χ1v) is 6.42. The molecule has 1 aromatic heterocycles. The van der Waals surface area contributed by atoms with E-state index in [9.17, 15) is 5.11 Å². The molecule has 5 heteroatoms. The minimum atomic E-state index is -0.824. The van der Waals surface area contributed by atoms with Crippen LogP contribution in [0, 0.1) is 0 Å². The molecule has 1 atom stereocenters. The van der Waals surface area contributed by atoms with E-state index < -0.39 is 6.10 Å². The van der Waals surface area contributed by atoms with E-state index in [4.69, 9.17) is 16.0 Å². The van der Waals surface area contributed by atoms with E-state index in [1.54, 1.807) is 24.3 Å². The molecule has 0 bridgehead atoms. The maximum absolute atomic E-state index is 10.1. The molecule has 1 N–H and O–H groups in total. The molecule has 0 amide bonds. The van der Waals surface area contributed by atoms with Crippen molar-refractivity contribution in [2.75, 3.05) is 0 Å². The largest absolute Gasteiger partial charge is 0.465 e. The molecule has 0 radical (unpaired) electrons. The maximum Gasteiger partial charge on any atom is 0.150 e. The molecule has 0 aliphatic rings. The van der Waals surface area contributed by atoms with Gasteiger partial charge in [0.1, 0.15) is 6.10 Å². The van der Waals surface area contributed by atoms with Gasteiger partial charge in [0.05, 0.1) is 15.8 Å². The fourth-order valence-electron chi connectivity index (χ4n) is 1.33. The van der Waals surface area contributed by atoms with Crippen LogP contribution in [0.3, 0.4) is 0 Å². The van der Waals surface area contributed by atoms with Crippen molar-refractivity contribution in [1.82, 2.24) is 0 Å². The first kappa shape index (κ1) is 12.2. The van der Waals surface area contributed by atoms with E-state index in [-0.39, 0.29) is 0 Å². The summed E-state index contributed by atoms with van der Waals surface area (Å²) in [5, 5.41) is 10.6. The van der Waals surface area contributed by atoms with Crippen molar-refractivity contribution < 1.29 is 9.52 Å². The van der Waals surface area contributed by atoms with Crippen molar-refractivity contribution in [2.45, 2.75) is 6.10 Å². The quantitative estimate of drug-likeness (QED) is 0.847. The zero-order valence-corrected chi connectivity index (χ0v) is 11.9. The van der Waals surface area contributed by atoms with E-state index in [1.807, 2.05) is 0 Å². The number of hydrogen-bond acceptors (Lipinski definition) is 2. The van der Waals surface area contributed by atoms with E-state index in [0.717, 1.165) is 8.95 Å². The molecule has 0 aliphatic heterocycles. The van der Waals surface area contributed by atoms with Crippen LogP contribution in [0.25, 0.3) is 0 Å². The van der Waals surface area contributed by atoms with Crippen LogP contribution in [0.15, 0.2) is 43.9 Å². The van der Waals surface area contributed by atoms with Crippen LogP contribution in [0.1, 0.15) is 17.4 Å². The molecule has 0 fully saturated rings. The van der Waals surface area contributed by atoms with Gasteiger partial charge in [0.15, 0.2) is 5.76 Å². The predicted molar refractivity (Wildman–Crippen MR) is 69.6 cm³/mol. The minimum absolute atomic E-state index is 0.471. The van der Waals surface area contributed by atoms with Crippen LogP contribution in [-0.2, 0) is 0 Å². The molecule has 1 aromatic carbocycles. The topological polar surface area (TPSA) is 33.4 Å². The first-order valence-electron chi connectivity index (χ1n) is 4.45. The third kappa shape index (κ3) is 2.35. The van der Waals surface area contributed by atoms with Gasteiger partial charge in [-0.2, -0.15) is 0 Å². The van der Waals surface area contributed by atoms with Crippen LogP contribution in [0.4, 0.5) is 0 Å². The van der Waals surface area contributed by atoms with Gasteiger partial charge >= 0.3 is 0 Å². The number of halogens is 3. The van der Waals surface area contributed by atoms with Crippen LogP contribution in [0.5, 0.6) is 0 Å². The fourth-order valence-corrected chi connectivity index (χ4v) is 2.19. The van der Waals surface area contributed by atoms with E-state index in [0.29, 0.717) is 16.3 Å². The molecule has 2 aromatic rings. The van der Waals surface area contributed by atoms with Gasteiger partial charge in [-0.1, -0.05) is 17.7 Å².